The van der Waals surface area contributed by atoms with Crippen LogP contribution in [0.1, 0.15) is 0 Å². The van der Waals surface area contributed by atoms with Gasteiger partial charge in [0.1, 0.15) is 5.75 Å². The van der Waals surface area contributed by atoms with E-state index in [0.29, 0.717) is 16.0 Å². The fourth-order valence-corrected chi connectivity index (χ4v) is 3.54. The van der Waals surface area contributed by atoms with Crippen molar-refractivity contribution < 1.29 is 4.74 Å². The third-order valence-electron chi connectivity index (χ3n) is 3.07. The van der Waals surface area contributed by atoms with Crippen LogP contribution >= 0.6 is 38.9 Å². The number of hydrogen-bond acceptors (Lipinski definition) is 5. The van der Waals surface area contributed by atoms with Gasteiger partial charge in [0.25, 0.3) is 5.19 Å². The summed E-state index contributed by atoms with van der Waals surface area (Å²) in [7, 11) is 0. The predicted octanol–water partition coefficient (Wildman–Crippen LogP) is 5.06. The molecule has 0 saturated heterocycles. The van der Waals surface area contributed by atoms with Gasteiger partial charge in [0.2, 0.25) is 4.96 Å². The van der Waals surface area contributed by atoms with E-state index in [2.05, 4.69) is 31.0 Å². The van der Waals surface area contributed by atoms with Crippen molar-refractivity contribution in [1.82, 2.24) is 19.6 Å². The van der Waals surface area contributed by atoms with Crippen LogP contribution in [-0.4, -0.2) is 19.6 Å². The molecule has 0 aliphatic carbocycles. The average molecular weight is 408 g/mol. The Morgan fingerprint density at radius 1 is 1.26 bits per heavy atom. The highest BCUT2D eigenvalue weighted by Gasteiger charge is 2.12. The highest BCUT2D eigenvalue weighted by molar-refractivity contribution is 9.10. The molecule has 23 heavy (non-hydrogen) atoms. The highest BCUT2D eigenvalue weighted by atomic mass is 79.9. The summed E-state index contributed by atoms with van der Waals surface area (Å²) in [6.45, 7) is 0. The second-order valence-corrected chi connectivity index (χ2v) is 6.85. The Labute approximate surface area is 148 Å². The average Bonchev–Trinajstić information content (AvgIpc) is 3.09. The van der Waals surface area contributed by atoms with Gasteiger partial charge in [-0.2, -0.15) is 0 Å². The van der Waals surface area contributed by atoms with E-state index in [1.54, 1.807) is 35.1 Å². The van der Waals surface area contributed by atoms with Crippen molar-refractivity contribution >= 4 is 43.8 Å². The molecule has 0 bridgehead atoms. The first-order valence-electron chi connectivity index (χ1n) is 6.58. The van der Waals surface area contributed by atoms with Gasteiger partial charge in [-0.05, 0) is 57.6 Å². The van der Waals surface area contributed by atoms with E-state index in [9.17, 15) is 0 Å². The Kier molecular flexibility index (Phi) is 3.76. The van der Waals surface area contributed by atoms with Crippen molar-refractivity contribution in [3.05, 3.63) is 58.4 Å². The van der Waals surface area contributed by atoms with Gasteiger partial charge >= 0.3 is 0 Å². The van der Waals surface area contributed by atoms with Gasteiger partial charge < -0.3 is 4.74 Å². The summed E-state index contributed by atoms with van der Waals surface area (Å²) in [6, 6.07) is 9.17. The predicted molar refractivity (Wildman–Crippen MR) is 93.3 cm³/mol. The second-order valence-electron chi connectivity index (χ2n) is 4.64. The second kappa shape index (κ2) is 5.92. The number of rotatable bonds is 3. The van der Waals surface area contributed by atoms with Crippen LogP contribution in [0.25, 0.3) is 16.2 Å². The number of fused-ring (bicyclic) bond motifs is 1. The summed E-state index contributed by atoms with van der Waals surface area (Å²) < 4.78 is 8.25. The Hall–Kier alpha value is -1.96. The number of benzene rings is 1. The van der Waals surface area contributed by atoms with Crippen molar-refractivity contribution in [3.8, 4) is 22.2 Å². The van der Waals surface area contributed by atoms with E-state index in [0.717, 1.165) is 20.7 Å². The third kappa shape index (κ3) is 2.95. The summed E-state index contributed by atoms with van der Waals surface area (Å²) in [6.07, 6.45) is 5.36. The van der Waals surface area contributed by atoms with E-state index in [-0.39, 0.29) is 0 Å². The highest BCUT2D eigenvalue weighted by Crippen LogP contribution is 2.34. The summed E-state index contributed by atoms with van der Waals surface area (Å²) >= 11 is 10.7. The van der Waals surface area contributed by atoms with E-state index < -0.39 is 0 Å². The molecule has 3 heterocycles. The van der Waals surface area contributed by atoms with Crippen LogP contribution in [-0.2, 0) is 0 Å². The molecule has 8 heteroatoms. The van der Waals surface area contributed by atoms with E-state index in [1.807, 2.05) is 18.3 Å². The molecule has 0 aliphatic heterocycles. The van der Waals surface area contributed by atoms with Gasteiger partial charge in [-0.1, -0.05) is 11.6 Å². The van der Waals surface area contributed by atoms with Crippen LogP contribution in [0.3, 0.4) is 0 Å². The van der Waals surface area contributed by atoms with Crippen molar-refractivity contribution in [2.75, 3.05) is 0 Å². The van der Waals surface area contributed by atoms with E-state index in [1.165, 1.54) is 11.3 Å². The van der Waals surface area contributed by atoms with Gasteiger partial charge in [0.05, 0.1) is 16.4 Å². The normalized spacial score (nSPS) is 11.0. The lowest BCUT2D eigenvalue weighted by molar-refractivity contribution is 0.467. The minimum absolute atomic E-state index is 0.508. The maximum absolute atomic E-state index is 5.92. The fraction of sp³-hybridized carbons (Fsp3) is 0. The molecule has 1 aromatic carbocycles. The van der Waals surface area contributed by atoms with E-state index >= 15 is 0 Å². The monoisotopic (exact) mass is 406 g/mol. The van der Waals surface area contributed by atoms with Crippen molar-refractivity contribution in [2.24, 2.45) is 0 Å². The quantitative estimate of drug-likeness (QED) is 0.476. The molecule has 0 unspecified atom stereocenters. The molecule has 0 atom stereocenters. The van der Waals surface area contributed by atoms with Gasteiger partial charge in [-0.3, -0.25) is 4.98 Å². The van der Waals surface area contributed by atoms with Crippen molar-refractivity contribution in [1.29, 1.82) is 0 Å². The largest absolute Gasteiger partial charge is 0.429 e. The van der Waals surface area contributed by atoms with Crippen LogP contribution in [0.2, 0.25) is 5.02 Å². The smallest absolute Gasteiger partial charge is 0.299 e. The summed E-state index contributed by atoms with van der Waals surface area (Å²) in [5.74, 6) is 0.652. The number of ether oxygens (including phenoxy) is 1. The maximum atomic E-state index is 5.92. The first kappa shape index (κ1) is 14.6. The molecule has 114 valence electrons. The van der Waals surface area contributed by atoms with Crippen molar-refractivity contribution in [2.45, 2.75) is 0 Å². The fourth-order valence-electron chi connectivity index (χ4n) is 2.03. The zero-order chi connectivity index (χ0) is 15.8. The van der Waals surface area contributed by atoms with Crippen LogP contribution < -0.4 is 4.74 Å². The molecule has 0 fully saturated rings. The first-order chi connectivity index (χ1) is 11.2. The molecule has 5 nitrogen and oxygen atoms in total. The summed E-state index contributed by atoms with van der Waals surface area (Å²) in [5.41, 5.74) is 1.78. The minimum atomic E-state index is 0.508. The number of pyridine rings is 1. The topological polar surface area (TPSA) is 52.3 Å². The molecule has 0 amide bonds. The zero-order valence-corrected chi connectivity index (χ0v) is 14.6. The van der Waals surface area contributed by atoms with E-state index in [4.69, 9.17) is 16.3 Å². The Morgan fingerprint density at radius 2 is 2.17 bits per heavy atom. The third-order valence-corrected chi connectivity index (χ3v) is 4.73. The van der Waals surface area contributed by atoms with Crippen LogP contribution in [0.4, 0.5) is 0 Å². The van der Waals surface area contributed by atoms with Crippen LogP contribution in [0, 0.1) is 0 Å². The molecule has 0 saturated carbocycles. The van der Waals surface area contributed by atoms with Gasteiger partial charge in [-0.15, -0.1) is 5.10 Å². The lowest BCUT2D eigenvalue weighted by Crippen LogP contribution is -1.87. The lowest BCUT2D eigenvalue weighted by atomic mass is 10.2. The minimum Gasteiger partial charge on any atom is -0.429 e. The van der Waals surface area contributed by atoms with Gasteiger partial charge in [-0.25, -0.2) is 9.50 Å². The van der Waals surface area contributed by atoms with Crippen LogP contribution in [0.15, 0.2) is 53.4 Å². The molecular weight excluding hydrogens is 400 g/mol. The molecule has 3 aromatic heterocycles. The SMILES string of the molecule is Clc1ccc(Oc2nn3cc(-c4cccnc4)nc3s2)c(Br)c1. The number of aromatic nitrogens is 4. The number of hydrogen-bond donors (Lipinski definition) is 0. The lowest BCUT2D eigenvalue weighted by Gasteiger charge is -2.03. The van der Waals surface area contributed by atoms with Gasteiger partial charge in [0.15, 0.2) is 0 Å². The molecule has 4 rings (SSSR count). The number of nitrogens with zero attached hydrogens (tertiary/aromatic N) is 4. The van der Waals surface area contributed by atoms with Gasteiger partial charge in [0, 0.05) is 23.0 Å². The summed E-state index contributed by atoms with van der Waals surface area (Å²) in [5, 5.41) is 5.54. The number of halogens is 2. The van der Waals surface area contributed by atoms with Crippen molar-refractivity contribution in [3.63, 3.8) is 0 Å². The molecule has 0 radical (unpaired) electrons. The molecular formula is C15H8BrClN4OS. The number of imidazole rings is 1. The zero-order valence-electron chi connectivity index (χ0n) is 11.5. The Balaban J connectivity index is 1.64. The maximum Gasteiger partial charge on any atom is 0.299 e. The Morgan fingerprint density at radius 3 is 2.91 bits per heavy atom. The molecule has 4 aromatic rings. The summed E-state index contributed by atoms with van der Waals surface area (Å²) in [4.78, 5) is 9.40. The van der Waals surface area contributed by atoms with Crippen LogP contribution in [0.5, 0.6) is 10.9 Å². The molecule has 0 spiro atoms. The first-order valence-corrected chi connectivity index (χ1v) is 8.57. The molecule has 0 aliphatic rings. The standard InChI is InChI=1S/C15H8BrClN4OS/c16-11-6-10(17)3-4-13(11)22-15-20-21-8-12(19-14(21)23-15)9-2-1-5-18-7-9/h1-8H. The molecule has 0 N–H and O–H groups in total. The Bertz CT molecular complexity index is 954.